The summed E-state index contributed by atoms with van der Waals surface area (Å²) in [5.74, 6) is 1.61. The molecule has 1 aromatic heterocycles. The van der Waals surface area contributed by atoms with Gasteiger partial charge in [0, 0.05) is 6.42 Å². The Balaban J connectivity index is 2.07. The van der Waals surface area contributed by atoms with Crippen molar-refractivity contribution in [3.05, 3.63) is 18.2 Å². The Kier molecular flexibility index (Phi) is 31.5. The standard InChI is InChI=1S/C42H83N2/c1-4-7-10-12-14-16-18-20-21-22-23-25-27-29-31-33-36-39-44-41-40-43(42(44)37-34-9-6-3)38-35-32-30-28-26-24-19-17-15-13-11-8-5-2/h40-41H,4-39H2,1-3H3/q+1. The van der Waals surface area contributed by atoms with Gasteiger partial charge in [-0.1, -0.05) is 201 Å². The first kappa shape index (κ1) is 41.2. The van der Waals surface area contributed by atoms with E-state index >= 15 is 0 Å². The van der Waals surface area contributed by atoms with Crippen molar-refractivity contribution in [2.24, 2.45) is 0 Å². The monoisotopic (exact) mass is 616 g/mol. The number of unbranched alkanes of at least 4 members (excludes halogenated alkanes) is 30. The van der Waals surface area contributed by atoms with Crippen molar-refractivity contribution in [1.29, 1.82) is 0 Å². The van der Waals surface area contributed by atoms with Gasteiger partial charge in [0.05, 0.1) is 13.1 Å². The average molecular weight is 616 g/mol. The van der Waals surface area contributed by atoms with Gasteiger partial charge in [0.25, 0.3) is 5.82 Å². The maximum atomic E-state index is 2.61. The Morgan fingerprint density at radius 1 is 0.386 bits per heavy atom. The lowest BCUT2D eigenvalue weighted by molar-refractivity contribution is -0.704. The number of hydrogen-bond acceptors (Lipinski definition) is 0. The quantitative estimate of drug-likeness (QED) is 0.0524. The van der Waals surface area contributed by atoms with E-state index in [1.807, 2.05) is 0 Å². The fraction of sp³-hybridized carbons (Fsp3) is 0.929. The number of rotatable bonds is 36. The Morgan fingerprint density at radius 2 is 0.705 bits per heavy atom. The second kappa shape index (κ2) is 33.6. The van der Waals surface area contributed by atoms with E-state index in [0.717, 1.165) is 0 Å². The average Bonchev–Trinajstić information content (AvgIpc) is 3.42. The molecule has 0 N–H and O–H groups in total. The van der Waals surface area contributed by atoms with Crippen LogP contribution in [0.5, 0.6) is 0 Å². The molecular weight excluding hydrogens is 532 g/mol. The second-order valence-electron chi connectivity index (χ2n) is 14.5. The molecule has 0 amide bonds. The Labute approximate surface area is 279 Å². The molecule has 0 bridgehead atoms. The predicted octanol–water partition coefficient (Wildman–Crippen LogP) is 14.3. The molecule has 2 heteroatoms. The summed E-state index contributed by atoms with van der Waals surface area (Å²) >= 11 is 0. The minimum atomic E-state index is 1.23. The Hall–Kier alpha value is -0.790. The topological polar surface area (TPSA) is 8.81 Å². The van der Waals surface area contributed by atoms with E-state index < -0.39 is 0 Å². The Bertz CT molecular complexity index is 677. The summed E-state index contributed by atoms with van der Waals surface area (Å²) in [5, 5.41) is 0. The number of aryl methyl sites for hydroxylation is 2. The number of hydrogen-bond donors (Lipinski definition) is 0. The van der Waals surface area contributed by atoms with Crippen LogP contribution in [0.25, 0.3) is 0 Å². The van der Waals surface area contributed by atoms with E-state index in [1.54, 1.807) is 5.82 Å². The lowest BCUT2D eigenvalue weighted by Crippen LogP contribution is -2.37. The highest BCUT2D eigenvalue weighted by molar-refractivity contribution is 4.84. The molecule has 0 aromatic carbocycles. The molecule has 0 aliphatic carbocycles. The van der Waals surface area contributed by atoms with Gasteiger partial charge in [0.2, 0.25) is 0 Å². The second-order valence-corrected chi connectivity index (χ2v) is 14.5. The molecule has 0 saturated heterocycles. The van der Waals surface area contributed by atoms with Crippen LogP contribution in [0.2, 0.25) is 0 Å². The van der Waals surface area contributed by atoms with E-state index in [0.29, 0.717) is 0 Å². The molecule has 0 aliphatic rings. The maximum Gasteiger partial charge on any atom is 0.256 e. The molecule has 0 fully saturated rings. The molecule has 44 heavy (non-hydrogen) atoms. The minimum Gasteiger partial charge on any atom is -0.234 e. The third-order valence-electron chi connectivity index (χ3n) is 10.1. The van der Waals surface area contributed by atoms with Crippen molar-refractivity contribution < 1.29 is 4.57 Å². The summed E-state index contributed by atoms with van der Waals surface area (Å²) in [7, 11) is 0. The van der Waals surface area contributed by atoms with Crippen LogP contribution in [-0.2, 0) is 19.5 Å². The molecule has 1 heterocycles. The van der Waals surface area contributed by atoms with Crippen molar-refractivity contribution in [3.63, 3.8) is 0 Å². The summed E-state index contributed by atoms with van der Waals surface area (Å²) in [6, 6.07) is 0. The highest BCUT2D eigenvalue weighted by atomic mass is 15.1. The lowest BCUT2D eigenvalue weighted by atomic mass is 10.0. The molecular formula is C42H83N2+. The molecule has 0 aliphatic heterocycles. The van der Waals surface area contributed by atoms with E-state index in [2.05, 4.69) is 42.3 Å². The third kappa shape index (κ3) is 25.4. The van der Waals surface area contributed by atoms with Gasteiger partial charge >= 0.3 is 0 Å². The van der Waals surface area contributed by atoms with Crippen LogP contribution in [0.1, 0.15) is 238 Å². The number of aromatic nitrogens is 2. The van der Waals surface area contributed by atoms with Gasteiger partial charge in [-0.3, -0.25) is 0 Å². The SMILES string of the molecule is CCCCCCCCCCCCCCCCCCC[n+]1ccn(CCCCCCCCCCCCCCC)c1CCCCC. The maximum absolute atomic E-state index is 2.61. The van der Waals surface area contributed by atoms with Crippen molar-refractivity contribution in [2.45, 2.75) is 252 Å². The first-order valence-corrected chi connectivity index (χ1v) is 20.9. The summed E-state index contributed by atoms with van der Waals surface area (Å²) in [6.45, 7) is 9.41. The summed E-state index contributed by atoms with van der Waals surface area (Å²) in [6.07, 6.45) is 53.4. The van der Waals surface area contributed by atoms with Gasteiger partial charge in [0.15, 0.2) is 0 Å². The van der Waals surface area contributed by atoms with Crippen molar-refractivity contribution in [3.8, 4) is 0 Å². The van der Waals surface area contributed by atoms with Gasteiger partial charge in [-0.2, -0.15) is 0 Å². The predicted molar refractivity (Wildman–Crippen MR) is 198 cm³/mol. The largest absolute Gasteiger partial charge is 0.256 e. The van der Waals surface area contributed by atoms with Gasteiger partial charge in [-0.25, -0.2) is 9.13 Å². The van der Waals surface area contributed by atoms with Crippen LogP contribution in [0.3, 0.4) is 0 Å². The molecule has 1 aromatic rings. The van der Waals surface area contributed by atoms with Crippen LogP contribution in [-0.4, -0.2) is 4.57 Å². The van der Waals surface area contributed by atoms with Crippen LogP contribution in [0.15, 0.2) is 12.4 Å². The molecule has 1 rings (SSSR count). The fourth-order valence-corrected chi connectivity index (χ4v) is 7.03. The minimum absolute atomic E-state index is 1.23. The van der Waals surface area contributed by atoms with E-state index in [-0.39, 0.29) is 0 Å². The summed E-state index contributed by atoms with van der Waals surface area (Å²) in [4.78, 5) is 0. The van der Waals surface area contributed by atoms with E-state index in [9.17, 15) is 0 Å². The first-order valence-electron chi connectivity index (χ1n) is 20.9. The van der Waals surface area contributed by atoms with Gasteiger partial charge in [0.1, 0.15) is 12.4 Å². The van der Waals surface area contributed by atoms with E-state index in [4.69, 9.17) is 0 Å². The lowest BCUT2D eigenvalue weighted by Gasteiger charge is -2.07. The normalized spacial score (nSPS) is 11.6. The van der Waals surface area contributed by atoms with Crippen LogP contribution < -0.4 is 4.57 Å². The van der Waals surface area contributed by atoms with Gasteiger partial charge in [-0.05, 0) is 32.1 Å². The zero-order chi connectivity index (χ0) is 31.6. The van der Waals surface area contributed by atoms with Crippen molar-refractivity contribution in [1.82, 2.24) is 4.57 Å². The van der Waals surface area contributed by atoms with Crippen LogP contribution in [0, 0.1) is 0 Å². The molecule has 0 saturated carbocycles. The van der Waals surface area contributed by atoms with Crippen molar-refractivity contribution in [2.75, 3.05) is 0 Å². The molecule has 2 nitrogen and oxygen atoms in total. The highest BCUT2D eigenvalue weighted by Crippen LogP contribution is 2.16. The van der Waals surface area contributed by atoms with Crippen LogP contribution in [0.4, 0.5) is 0 Å². The summed E-state index contributed by atoms with van der Waals surface area (Å²) < 4.78 is 5.23. The van der Waals surface area contributed by atoms with Gasteiger partial charge < -0.3 is 0 Å². The highest BCUT2D eigenvalue weighted by Gasteiger charge is 2.16. The number of imidazole rings is 1. The van der Waals surface area contributed by atoms with Crippen molar-refractivity contribution >= 4 is 0 Å². The molecule has 0 spiro atoms. The van der Waals surface area contributed by atoms with Crippen LogP contribution >= 0.6 is 0 Å². The Morgan fingerprint density at radius 3 is 1.09 bits per heavy atom. The molecule has 260 valence electrons. The smallest absolute Gasteiger partial charge is 0.234 e. The molecule has 0 unspecified atom stereocenters. The van der Waals surface area contributed by atoms with Gasteiger partial charge in [-0.15, -0.1) is 0 Å². The molecule has 0 atom stereocenters. The van der Waals surface area contributed by atoms with E-state index in [1.165, 1.54) is 231 Å². The third-order valence-corrected chi connectivity index (χ3v) is 10.1. The zero-order valence-corrected chi connectivity index (χ0v) is 31.0. The fourth-order valence-electron chi connectivity index (χ4n) is 7.03. The first-order chi connectivity index (χ1) is 21.8. The molecule has 0 radical (unpaired) electrons. The summed E-state index contributed by atoms with van der Waals surface area (Å²) in [5.41, 5.74) is 0. The number of nitrogens with zero attached hydrogens (tertiary/aromatic N) is 2. The zero-order valence-electron chi connectivity index (χ0n) is 31.0.